The molecule has 0 saturated carbocycles. The number of hydrogen-bond donors (Lipinski definition) is 2. The van der Waals surface area contributed by atoms with Crippen LogP contribution < -0.4 is 5.32 Å². The van der Waals surface area contributed by atoms with Gasteiger partial charge in [-0.2, -0.15) is 5.10 Å². The van der Waals surface area contributed by atoms with Crippen LogP contribution in [-0.4, -0.2) is 47.8 Å². The van der Waals surface area contributed by atoms with Crippen molar-refractivity contribution in [2.45, 2.75) is 6.42 Å². The zero-order valence-corrected chi connectivity index (χ0v) is 9.15. The highest BCUT2D eigenvalue weighted by atomic mass is 16.5. The van der Waals surface area contributed by atoms with Gasteiger partial charge in [0.25, 0.3) is 0 Å². The highest BCUT2D eigenvalue weighted by molar-refractivity contribution is 5.03. The van der Waals surface area contributed by atoms with Gasteiger partial charge in [-0.05, 0) is 18.5 Å². The summed E-state index contributed by atoms with van der Waals surface area (Å²) in [6.45, 7) is 2.90. The lowest BCUT2D eigenvalue weighted by Gasteiger charge is -2.03. The smallest absolute Gasteiger partial charge is 0.0698 e. The monoisotopic (exact) mass is 213 g/mol. The standard InChI is InChI=1S/C10H19N3O2/c1-13-9-10(8-12-13)2-3-11-4-6-15-7-5-14/h8-9,11,14H,2-7H2,1H3. The Bertz CT molecular complexity index is 263. The summed E-state index contributed by atoms with van der Waals surface area (Å²) in [5.74, 6) is 0. The van der Waals surface area contributed by atoms with Gasteiger partial charge in [-0.25, -0.2) is 0 Å². The molecule has 1 aromatic heterocycles. The van der Waals surface area contributed by atoms with E-state index in [0.717, 1.165) is 19.5 Å². The molecule has 0 aliphatic rings. The van der Waals surface area contributed by atoms with Gasteiger partial charge >= 0.3 is 0 Å². The third-order valence-electron chi connectivity index (χ3n) is 2.01. The van der Waals surface area contributed by atoms with E-state index >= 15 is 0 Å². The summed E-state index contributed by atoms with van der Waals surface area (Å²) < 4.78 is 6.92. The van der Waals surface area contributed by atoms with E-state index in [0.29, 0.717) is 13.2 Å². The van der Waals surface area contributed by atoms with E-state index in [1.807, 2.05) is 19.4 Å². The van der Waals surface area contributed by atoms with Crippen molar-refractivity contribution in [1.82, 2.24) is 15.1 Å². The van der Waals surface area contributed by atoms with Crippen molar-refractivity contribution in [1.29, 1.82) is 0 Å². The largest absolute Gasteiger partial charge is 0.394 e. The molecule has 86 valence electrons. The van der Waals surface area contributed by atoms with Gasteiger partial charge in [0.05, 0.1) is 26.0 Å². The zero-order chi connectivity index (χ0) is 10.9. The van der Waals surface area contributed by atoms with Gasteiger partial charge in [0.1, 0.15) is 0 Å². The number of aliphatic hydroxyl groups is 1. The number of aromatic nitrogens is 2. The Morgan fingerprint density at radius 3 is 3.00 bits per heavy atom. The first-order valence-corrected chi connectivity index (χ1v) is 5.20. The van der Waals surface area contributed by atoms with Crippen LogP contribution >= 0.6 is 0 Å². The van der Waals surface area contributed by atoms with E-state index in [9.17, 15) is 0 Å². The second-order valence-electron chi connectivity index (χ2n) is 3.36. The molecule has 0 aromatic carbocycles. The third kappa shape index (κ3) is 5.51. The molecule has 0 atom stereocenters. The van der Waals surface area contributed by atoms with Crippen molar-refractivity contribution in [3.05, 3.63) is 18.0 Å². The minimum atomic E-state index is 0.0929. The minimum absolute atomic E-state index is 0.0929. The van der Waals surface area contributed by atoms with Crippen molar-refractivity contribution >= 4 is 0 Å². The Balaban J connectivity index is 1.93. The first kappa shape index (κ1) is 12.2. The first-order chi connectivity index (χ1) is 7.33. The fourth-order valence-electron chi connectivity index (χ4n) is 1.27. The normalized spacial score (nSPS) is 10.8. The molecule has 0 spiro atoms. The predicted molar refractivity (Wildman–Crippen MR) is 57.7 cm³/mol. The van der Waals surface area contributed by atoms with E-state index in [-0.39, 0.29) is 6.61 Å². The first-order valence-electron chi connectivity index (χ1n) is 5.20. The molecule has 0 amide bonds. The molecule has 0 unspecified atom stereocenters. The van der Waals surface area contributed by atoms with Crippen LogP contribution in [0.15, 0.2) is 12.4 Å². The SMILES string of the molecule is Cn1cc(CCNCCOCCO)cn1. The van der Waals surface area contributed by atoms with Gasteiger partial charge in [-0.15, -0.1) is 0 Å². The number of hydrogen-bond acceptors (Lipinski definition) is 4. The minimum Gasteiger partial charge on any atom is -0.394 e. The van der Waals surface area contributed by atoms with Crippen LogP contribution in [0.25, 0.3) is 0 Å². The Morgan fingerprint density at radius 2 is 2.33 bits per heavy atom. The Labute approximate surface area is 90.1 Å². The second-order valence-corrected chi connectivity index (χ2v) is 3.36. The molecule has 5 heteroatoms. The summed E-state index contributed by atoms with van der Waals surface area (Å²) in [5.41, 5.74) is 1.24. The Hall–Kier alpha value is -0.910. The van der Waals surface area contributed by atoms with Crippen LogP contribution in [-0.2, 0) is 18.2 Å². The summed E-state index contributed by atoms with van der Waals surface area (Å²) in [6.07, 6.45) is 4.88. The fraction of sp³-hybridized carbons (Fsp3) is 0.700. The van der Waals surface area contributed by atoms with E-state index in [1.165, 1.54) is 5.56 Å². The number of nitrogens with zero attached hydrogens (tertiary/aromatic N) is 2. The lowest BCUT2D eigenvalue weighted by atomic mass is 10.2. The summed E-state index contributed by atoms with van der Waals surface area (Å²) in [4.78, 5) is 0. The Morgan fingerprint density at radius 1 is 1.47 bits per heavy atom. The molecule has 0 aliphatic heterocycles. The van der Waals surface area contributed by atoms with Gasteiger partial charge < -0.3 is 15.2 Å². The van der Waals surface area contributed by atoms with Crippen LogP contribution in [0, 0.1) is 0 Å². The van der Waals surface area contributed by atoms with Crippen LogP contribution in [0.1, 0.15) is 5.56 Å². The number of aryl methyl sites for hydroxylation is 1. The summed E-state index contributed by atoms with van der Waals surface area (Å²) in [6, 6.07) is 0. The van der Waals surface area contributed by atoms with Crippen LogP contribution in [0.4, 0.5) is 0 Å². The molecule has 1 rings (SSSR count). The molecular weight excluding hydrogens is 194 g/mol. The molecule has 1 aromatic rings. The Kier molecular flexibility index (Phi) is 5.99. The van der Waals surface area contributed by atoms with Crippen molar-refractivity contribution in [3.8, 4) is 0 Å². The van der Waals surface area contributed by atoms with Gasteiger partial charge in [-0.1, -0.05) is 0 Å². The molecule has 0 bridgehead atoms. The molecule has 2 N–H and O–H groups in total. The third-order valence-corrected chi connectivity index (χ3v) is 2.01. The molecule has 0 fully saturated rings. The van der Waals surface area contributed by atoms with Gasteiger partial charge in [-0.3, -0.25) is 4.68 Å². The molecule has 0 saturated heterocycles. The van der Waals surface area contributed by atoms with E-state index in [2.05, 4.69) is 10.4 Å². The molecule has 0 radical (unpaired) electrons. The highest BCUT2D eigenvalue weighted by Crippen LogP contribution is 1.95. The maximum atomic E-state index is 8.47. The topological polar surface area (TPSA) is 59.3 Å². The zero-order valence-electron chi connectivity index (χ0n) is 9.15. The van der Waals surface area contributed by atoms with Crippen molar-refractivity contribution in [2.24, 2.45) is 7.05 Å². The molecular formula is C10H19N3O2. The van der Waals surface area contributed by atoms with E-state index in [1.54, 1.807) is 4.68 Å². The summed E-state index contributed by atoms with van der Waals surface area (Å²) in [5, 5.41) is 15.8. The van der Waals surface area contributed by atoms with Gasteiger partial charge in [0.2, 0.25) is 0 Å². The number of ether oxygens (including phenoxy) is 1. The average Bonchev–Trinajstić information content (AvgIpc) is 2.63. The lowest BCUT2D eigenvalue weighted by Crippen LogP contribution is -2.22. The van der Waals surface area contributed by atoms with Crippen molar-refractivity contribution < 1.29 is 9.84 Å². The average molecular weight is 213 g/mol. The quantitative estimate of drug-likeness (QED) is 0.575. The van der Waals surface area contributed by atoms with Crippen LogP contribution in [0.5, 0.6) is 0 Å². The summed E-state index contributed by atoms with van der Waals surface area (Å²) >= 11 is 0. The van der Waals surface area contributed by atoms with Crippen molar-refractivity contribution in [3.63, 3.8) is 0 Å². The fourth-order valence-corrected chi connectivity index (χ4v) is 1.27. The maximum absolute atomic E-state index is 8.47. The summed E-state index contributed by atoms with van der Waals surface area (Å²) in [7, 11) is 1.92. The maximum Gasteiger partial charge on any atom is 0.0698 e. The number of nitrogens with one attached hydrogen (secondary N) is 1. The second kappa shape index (κ2) is 7.39. The molecule has 0 aliphatic carbocycles. The van der Waals surface area contributed by atoms with Gasteiger partial charge in [0.15, 0.2) is 0 Å². The van der Waals surface area contributed by atoms with Crippen LogP contribution in [0.3, 0.4) is 0 Å². The highest BCUT2D eigenvalue weighted by Gasteiger charge is 1.95. The lowest BCUT2D eigenvalue weighted by molar-refractivity contribution is 0.0940. The van der Waals surface area contributed by atoms with Crippen LogP contribution in [0.2, 0.25) is 0 Å². The number of aliphatic hydroxyl groups excluding tert-OH is 1. The molecule has 1 heterocycles. The predicted octanol–water partition coefficient (Wildman–Crippen LogP) is -0.439. The number of rotatable bonds is 8. The van der Waals surface area contributed by atoms with E-state index in [4.69, 9.17) is 9.84 Å². The molecule has 5 nitrogen and oxygen atoms in total. The molecule has 15 heavy (non-hydrogen) atoms. The van der Waals surface area contributed by atoms with Crippen molar-refractivity contribution in [2.75, 3.05) is 32.9 Å². The van der Waals surface area contributed by atoms with E-state index < -0.39 is 0 Å². The van der Waals surface area contributed by atoms with Gasteiger partial charge in [0, 0.05) is 19.8 Å².